The van der Waals surface area contributed by atoms with Crippen molar-refractivity contribution in [2.24, 2.45) is 0 Å². The summed E-state index contributed by atoms with van der Waals surface area (Å²) >= 11 is 6.78. The van der Waals surface area contributed by atoms with Gasteiger partial charge in [0.05, 0.1) is 5.69 Å². The maximum Gasteiger partial charge on any atom is 0.188 e. The number of halogens is 2. The van der Waals surface area contributed by atoms with Crippen molar-refractivity contribution in [2.45, 2.75) is 10.6 Å². The van der Waals surface area contributed by atoms with E-state index in [9.17, 15) is 0 Å². The van der Waals surface area contributed by atoms with E-state index in [1.54, 1.807) is 29.3 Å². The Morgan fingerprint density at radius 3 is 2.52 bits per heavy atom. The van der Waals surface area contributed by atoms with Crippen molar-refractivity contribution in [2.75, 3.05) is 5.32 Å². The molecule has 0 aliphatic rings. The lowest BCUT2D eigenvalue weighted by atomic mass is 10.3. The van der Waals surface area contributed by atoms with Crippen molar-refractivity contribution < 1.29 is 4.74 Å². The number of thioether (sulfide) groups is 1. The zero-order valence-corrected chi connectivity index (χ0v) is 19.2. The van der Waals surface area contributed by atoms with Crippen molar-refractivity contribution in [3.63, 3.8) is 0 Å². The summed E-state index contributed by atoms with van der Waals surface area (Å²) in [5.74, 6) is 2.84. The fourth-order valence-corrected chi connectivity index (χ4v) is 4.35. The predicted octanol–water partition coefficient (Wildman–Crippen LogP) is 7.55. The fourth-order valence-electron chi connectivity index (χ4n) is 2.41. The van der Waals surface area contributed by atoms with E-state index in [2.05, 4.69) is 48.7 Å². The van der Waals surface area contributed by atoms with Gasteiger partial charge in [-0.15, -0.1) is 35.5 Å². The molecule has 29 heavy (non-hydrogen) atoms. The Morgan fingerprint density at radius 1 is 1.03 bits per heavy atom. The Labute approximate surface area is 192 Å². The summed E-state index contributed by atoms with van der Waals surface area (Å²) in [7, 11) is 0. The Hall–Kier alpha value is -2.06. The lowest BCUT2D eigenvalue weighted by molar-refractivity contribution is 0.482. The van der Waals surface area contributed by atoms with Gasteiger partial charge in [0, 0.05) is 32.8 Å². The molecular weight excluding hydrogens is 490 g/mol. The third kappa shape index (κ3) is 6.21. The summed E-state index contributed by atoms with van der Waals surface area (Å²) in [4.78, 5) is 10.4. The van der Waals surface area contributed by atoms with E-state index in [0.29, 0.717) is 11.6 Å². The van der Waals surface area contributed by atoms with E-state index in [-0.39, 0.29) is 12.4 Å². The number of hydrogen-bond donors (Lipinski definition) is 1. The molecule has 8 heteroatoms. The topological polar surface area (TPSA) is 47.0 Å². The van der Waals surface area contributed by atoms with Crippen LogP contribution >= 0.6 is 51.4 Å². The zero-order valence-electron chi connectivity index (χ0n) is 15.1. The molecule has 0 spiro atoms. The van der Waals surface area contributed by atoms with Crippen molar-refractivity contribution in [1.29, 1.82) is 0 Å². The Morgan fingerprint density at radius 2 is 1.76 bits per heavy atom. The van der Waals surface area contributed by atoms with Gasteiger partial charge in [0.1, 0.15) is 5.75 Å². The first-order valence-electron chi connectivity index (χ1n) is 8.54. The van der Waals surface area contributed by atoms with Crippen molar-refractivity contribution in [3.05, 3.63) is 88.5 Å². The highest BCUT2D eigenvalue weighted by molar-refractivity contribution is 9.10. The van der Waals surface area contributed by atoms with E-state index in [0.717, 1.165) is 26.8 Å². The van der Waals surface area contributed by atoms with Crippen LogP contribution in [0.5, 0.6) is 11.5 Å². The third-order valence-electron chi connectivity index (χ3n) is 3.70. The molecule has 0 amide bonds. The molecule has 2 aromatic carbocycles. The molecule has 0 unspecified atom stereocenters. The fraction of sp³-hybridized carbons (Fsp3) is 0.0476. The average molecular weight is 507 g/mol. The highest BCUT2D eigenvalue weighted by Crippen LogP contribution is 2.33. The molecule has 0 aliphatic heterocycles. The van der Waals surface area contributed by atoms with Crippen LogP contribution in [0, 0.1) is 0 Å². The van der Waals surface area contributed by atoms with E-state index in [1.165, 1.54) is 4.90 Å². The van der Waals surface area contributed by atoms with Crippen LogP contribution in [0.25, 0.3) is 0 Å². The quantitative estimate of drug-likeness (QED) is 0.262. The molecule has 0 radical (unpaired) electrons. The van der Waals surface area contributed by atoms with Crippen LogP contribution in [0.2, 0.25) is 0 Å². The summed E-state index contributed by atoms with van der Waals surface area (Å²) in [6, 6.07) is 21.9. The van der Waals surface area contributed by atoms with Gasteiger partial charge in [0.15, 0.2) is 16.7 Å². The number of aromatic nitrogens is 2. The lowest BCUT2D eigenvalue weighted by Gasteiger charge is -2.11. The van der Waals surface area contributed by atoms with Crippen LogP contribution in [0.4, 0.5) is 10.9 Å². The van der Waals surface area contributed by atoms with Gasteiger partial charge in [-0.2, -0.15) is 0 Å². The number of anilines is 2. The molecule has 0 atom stereocenters. The predicted molar refractivity (Wildman–Crippen MR) is 127 cm³/mol. The maximum atomic E-state index is 5.99. The second kappa shape index (κ2) is 10.6. The minimum Gasteiger partial charge on any atom is -0.453 e. The van der Waals surface area contributed by atoms with Crippen molar-refractivity contribution in [3.8, 4) is 11.5 Å². The Balaban J connectivity index is 0.00000240. The third-order valence-corrected chi connectivity index (χ3v) is 5.98. The first-order chi connectivity index (χ1) is 13.8. The van der Waals surface area contributed by atoms with Gasteiger partial charge in [0.2, 0.25) is 0 Å². The molecular formula is C21H17BrClN3OS2. The van der Waals surface area contributed by atoms with Gasteiger partial charge >= 0.3 is 0 Å². The monoisotopic (exact) mass is 505 g/mol. The number of nitrogens with one attached hydrogen (secondary N) is 1. The molecule has 4 aromatic rings. The summed E-state index contributed by atoms with van der Waals surface area (Å²) in [5, 5.41) is 6.13. The van der Waals surface area contributed by atoms with Gasteiger partial charge < -0.3 is 10.1 Å². The maximum absolute atomic E-state index is 5.99. The highest BCUT2D eigenvalue weighted by Gasteiger charge is 2.11. The highest BCUT2D eigenvalue weighted by atomic mass is 79.9. The molecule has 4 rings (SSSR count). The van der Waals surface area contributed by atoms with Crippen LogP contribution in [0.15, 0.2) is 87.7 Å². The number of ether oxygens (including phenoxy) is 1. The molecule has 0 fully saturated rings. The number of hydrogen-bond acceptors (Lipinski definition) is 6. The molecule has 0 aliphatic carbocycles. The number of pyridine rings is 1. The molecule has 0 saturated heterocycles. The summed E-state index contributed by atoms with van der Waals surface area (Å²) in [6.45, 7) is 0. The zero-order chi connectivity index (χ0) is 19.2. The Kier molecular flexibility index (Phi) is 7.94. The van der Waals surface area contributed by atoms with Gasteiger partial charge in [-0.3, -0.25) is 0 Å². The van der Waals surface area contributed by atoms with Crippen LogP contribution in [-0.2, 0) is 5.75 Å². The molecule has 2 aromatic heterocycles. The molecule has 2 heterocycles. The summed E-state index contributed by atoms with van der Waals surface area (Å²) in [5.41, 5.74) is 1.03. The number of rotatable bonds is 7. The number of thiazole rings is 1. The Bertz CT molecular complexity index is 1050. The average Bonchev–Trinajstić information content (AvgIpc) is 3.17. The van der Waals surface area contributed by atoms with E-state index < -0.39 is 0 Å². The molecule has 4 nitrogen and oxygen atoms in total. The normalized spacial score (nSPS) is 10.2. The summed E-state index contributed by atoms with van der Waals surface area (Å²) < 4.78 is 6.84. The van der Waals surface area contributed by atoms with Crippen LogP contribution < -0.4 is 10.1 Å². The van der Waals surface area contributed by atoms with Gasteiger partial charge in [0.25, 0.3) is 0 Å². The second-order valence-corrected chi connectivity index (χ2v) is 8.61. The smallest absolute Gasteiger partial charge is 0.188 e. The molecule has 0 saturated carbocycles. The molecule has 1 N–H and O–H groups in total. The van der Waals surface area contributed by atoms with Crippen molar-refractivity contribution >= 4 is 62.4 Å². The van der Waals surface area contributed by atoms with E-state index in [1.807, 2.05) is 54.6 Å². The molecule has 148 valence electrons. The van der Waals surface area contributed by atoms with Crippen LogP contribution in [0.1, 0.15) is 5.69 Å². The second-order valence-electron chi connectivity index (χ2n) is 5.79. The van der Waals surface area contributed by atoms with Gasteiger partial charge in [-0.05, 0) is 40.2 Å². The first kappa shape index (κ1) is 21.6. The molecule has 0 bridgehead atoms. The minimum absolute atomic E-state index is 0. The number of benzene rings is 2. The minimum atomic E-state index is 0. The standard InChI is InChI=1S/C21H16BrN3OS2.ClH/c22-15-11-19(26-17-7-3-1-4-8-17)20(23-12-15)25-21-24-16(14-28-21)13-27-18-9-5-2-6-10-18;/h1-12,14H,13H2,(H,23,24,25);1H. The first-order valence-corrected chi connectivity index (χ1v) is 11.2. The SMILES string of the molecule is Brc1cnc(Nc2nc(CSc3ccccc3)cs2)c(Oc2ccccc2)c1.Cl. The largest absolute Gasteiger partial charge is 0.453 e. The number of para-hydroxylation sites is 1. The van der Waals surface area contributed by atoms with Crippen LogP contribution in [0.3, 0.4) is 0 Å². The van der Waals surface area contributed by atoms with E-state index >= 15 is 0 Å². The number of nitrogens with zero attached hydrogens (tertiary/aromatic N) is 2. The lowest BCUT2D eigenvalue weighted by Crippen LogP contribution is -1.97. The summed E-state index contributed by atoms with van der Waals surface area (Å²) in [6.07, 6.45) is 1.74. The van der Waals surface area contributed by atoms with Gasteiger partial charge in [-0.25, -0.2) is 9.97 Å². The van der Waals surface area contributed by atoms with E-state index in [4.69, 9.17) is 4.74 Å². The van der Waals surface area contributed by atoms with Crippen molar-refractivity contribution in [1.82, 2.24) is 9.97 Å². The van der Waals surface area contributed by atoms with Crippen LogP contribution in [-0.4, -0.2) is 9.97 Å². The van der Waals surface area contributed by atoms with Gasteiger partial charge in [-0.1, -0.05) is 36.4 Å².